The fourth-order valence-electron chi connectivity index (χ4n) is 3.06. The summed E-state index contributed by atoms with van der Waals surface area (Å²) in [6, 6.07) is 0. The summed E-state index contributed by atoms with van der Waals surface area (Å²) >= 11 is 0. The van der Waals surface area contributed by atoms with E-state index in [0.717, 1.165) is 55.2 Å². The predicted octanol–water partition coefficient (Wildman–Crippen LogP) is 1.70. The topological polar surface area (TPSA) is 6.48 Å². The summed E-state index contributed by atoms with van der Waals surface area (Å²) in [7, 11) is 9.39. The van der Waals surface area contributed by atoms with Gasteiger partial charge < -0.3 is 0 Å². The fourth-order valence-corrected chi connectivity index (χ4v) is 3.06. The van der Waals surface area contributed by atoms with Crippen LogP contribution in [-0.2, 0) is 0 Å². The molecule has 0 atom stereocenters. The molecule has 0 bridgehead atoms. The molecule has 4 heteroatoms. The maximum Gasteiger partial charge on any atom is 0.208 e. The summed E-state index contributed by atoms with van der Waals surface area (Å²) < 4.78 is 2.10. The molecule has 0 rings (SSSR count). The third kappa shape index (κ3) is 7.88. The van der Waals surface area contributed by atoms with Crippen molar-refractivity contribution in [1.82, 2.24) is 9.80 Å². The van der Waals surface area contributed by atoms with E-state index in [0.29, 0.717) is 0 Å². The summed E-state index contributed by atoms with van der Waals surface area (Å²) in [5, 5.41) is 0. The zero-order valence-corrected chi connectivity index (χ0v) is 14.7. The molecule has 0 saturated heterocycles. The average molecular weight is 274 g/mol. The highest BCUT2D eigenvalue weighted by Crippen LogP contribution is 2.09. The Balaban J connectivity index is 4.52. The SMILES string of the molecule is CCN(CC)C[N+](C)(C)C[N+](C)(C)CN(CC)CC. The molecule has 0 N–H and O–H groups in total. The highest BCUT2D eigenvalue weighted by molar-refractivity contribution is 4.45. The number of quaternary nitrogens is 2. The number of hydrogen-bond donors (Lipinski definition) is 0. The van der Waals surface area contributed by atoms with Gasteiger partial charge in [-0.3, -0.25) is 18.8 Å². The van der Waals surface area contributed by atoms with Crippen LogP contribution in [0.3, 0.4) is 0 Å². The van der Waals surface area contributed by atoms with Crippen LogP contribution in [0.25, 0.3) is 0 Å². The lowest BCUT2D eigenvalue weighted by molar-refractivity contribution is -1.08. The van der Waals surface area contributed by atoms with Gasteiger partial charge in [0.15, 0.2) is 0 Å². The van der Waals surface area contributed by atoms with E-state index in [-0.39, 0.29) is 0 Å². The van der Waals surface area contributed by atoms with E-state index < -0.39 is 0 Å². The molecule has 0 aromatic rings. The van der Waals surface area contributed by atoms with E-state index in [1.54, 1.807) is 0 Å². The number of nitrogens with zero attached hydrogens (tertiary/aromatic N) is 4. The Morgan fingerprint density at radius 1 is 0.579 bits per heavy atom. The largest absolute Gasteiger partial charge is 0.270 e. The van der Waals surface area contributed by atoms with Gasteiger partial charge in [-0.2, -0.15) is 0 Å². The first kappa shape index (κ1) is 18.8. The van der Waals surface area contributed by atoms with Gasteiger partial charge in [-0.25, -0.2) is 0 Å². The maximum absolute atomic E-state index is 2.51. The zero-order chi connectivity index (χ0) is 15.1. The molecule has 0 heterocycles. The monoisotopic (exact) mass is 274 g/mol. The van der Waals surface area contributed by atoms with Crippen molar-refractivity contribution in [3.63, 3.8) is 0 Å². The summed E-state index contributed by atoms with van der Waals surface area (Å²) in [5.74, 6) is 0. The first-order chi connectivity index (χ1) is 8.69. The van der Waals surface area contributed by atoms with E-state index in [4.69, 9.17) is 0 Å². The Morgan fingerprint density at radius 2 is 0.842 bits per heavy atom. The molecule has 0 aliphatic rings. The molecule has 0 saturated carbocycles. The Bertz CT molecular complexity index is 206. The van der Waals surface area contributed by atoms with Crippen molar-refractivity contribution >= 4 is 0 Å². The molecule has 0 radical (unpaired) electrons. The van der Waals surface area contributed by atoms with E-state index in [9.17, 15) is 0 Å². The molecular formula is C15H38N4+2. The second-order valence-electron chi connectivity index (χ2n) is 6.90. The lowest BCUT2D eigenvalue weighted by atomic mass is 10.4. The quantitative estimate of drug-likeness (QED) is 0.442. The normalized spacial score (nSPS) is 13.6. The minimum atomic E-state index is 1.05. The maximum atomic E-state index is 2.51. The minimum Gasteiger partial charge on any atom is -0.270 e. The van der Waals surface area contributed by atoms with Crippen molar-refractivity contribution < 1.29 is 8.97 Å². The Kier molecular flexibility index (Phi) is 8.13. The van der Waals surface area contributed by atoms with Crippen molar-refractivity contribution in [3.05, 3.63) is 0 Å². The highest BCUT2D eigenvalue weighted by atomic mass is 15.6. The fraction of sp³-hybridized carbons (Fsp3) is 1.00. The Hall–Kier alpha value is -0.160. The summed E-state index contributed by atoms with van der Waals surface area (Å²) in [6.45, 7) is 17.0. The summed E-state index contributed by atoms with van der Waals surface area (Å²) in [5.41, 5.74) is 0. The van der Waals surface area contributed by atoms with Crippen molar-refractivity contribution in [2.45, 2.75) is 27.7 Å². The smallest absolute Gasteiger partial charge is 0.208 e. The van der Waals surface area contributed by atoms with Gasteiger partial charge in [0.1, 0.15) is 13.3 Å². The molecule has 0 aromatic carbocycles. The van der Waals surface area contributed by atoms with Gasteiger partial charge in [0.25, 0.3) is 0 Å². The first-order valence-electron chi connectivity index (χ1n) is 7.78. The molecule has 0 aliphatic heterocycles. The van der Waals surface area contributed by atoms with Crippen LogP contribution in [0.2, 0.25) is 0 Å². The van der Waals surface area contributed by atoms with Gasteiger partial charge in [-0.15, -0.1) is 0 Å². The minimum absolute atomic E-state index is 1.05. The highest BCUT2D eigenvalue weighted by Gasteiger charge is 2.29. The molecule has 0 amide bonds. The van der Waals surface area contributed by atoms with Crippen LogP contribution in [0.5, 0.6) is 0 Å². The average Bonchev–Trinajstić information content (AvgIpc) is 2.31. The lowest BCUT2D eigenvalue weighted by Crippen LogP contribution is -2.61. The van der Waals surface area contributed by atoms with Crippen LogP contribution in [-0.4, -0.2) is 93.1 Å². The van der Waals surface area contributed by atoms with Crippen LogP contribution in [0.1, 0.15) is 27.7 Å². The standard InChI is InChI=1S/C15H38N4/c1-9-16(10-2)13-18(5,6)15-19(7,8)14-17(11-3)12-4/h9-15H2,1-8H3/q+2. The van der Waals surface area contributed by atoms with Crippen molar-refractivity contribution in [1.29, 1.82) is 0 Å². The molecule has 4 nitrogen and oxygen atoms in total. The van der Waals surface area contributed by atoms with Crippen LogP contribution in [0.4, 0.5) is 0 Å². The van der Waals surface area contributed by atoms with Crippen LogP contribution in [0.15, 0.2) is 0 Å². The second kappa shape index (κ2) is 8.20. The third-order valence-corrected chi connectivity index (χ3v) is 3.72. The van der Waals surface area contributed by atoms with Crippen molar-refractivity contribution in [2.75, 3.05) is 74.4 Å². The molecule has 0 aliphatic carbocycles. The van der Waals surface area contributed by atoms with E-state index in [1.807, 2.05) is 0 Å². The molecule has 116 valence electrons. The van der Waals surface area contributed by atoms with Gasteiger partial charge in [0.2, 0.25) is 6.67 Å². The molecule has 0 unspecified atom stereocenters. The molecule has 0 spiro atoms. The van der Waals surface area contributed by atoms with Crippen molar-refractivity contribution in [2.24, 2.45) is 0 Å². The van der Waals surface area contributed by atoms with Gasteiger partial charge in [-0.05, 0) is 0 Å². The number of rotatable bonds is 10. The van der Waals surface area contributed by atoms with Crippen LogP contribution < -0.4 is 0 Å². The molecule has 0 fully saturated rings. The second-order valence-corrected chi connectivity index (χ2v) is 6.90. The number of hydrogen-bond acceptors (Lipinski definition) is 2. The Morgan fingerprint density at radius 3 is 1.05 bits per heavy atom. The van der Waals surface area contributed by atoms with E-state index in [2.05, 4.69) is 65.7 Å². The summed E-state index contributed by atoms with van der Waals surface area (Å²) in [4.78, 5) is 5.02. The lowest BCUT2D eigenvalue weighted by Gasteiger charge is -2.42. The van der Waals surface area contributed by atoms with Gasteiger partial charge in [0.05, 0.1) is 28.2 Å². The van der Waals surface area contributed by atoms with E-state index >= 15 is 0 Å². The van der Waals surface area contributed by atoms with Crippen LogP contribution in [0, 0.1) is 0 Å². The Labute approximate surface area is 121 Å². The summed E-state index contributed by atoms with van der Waals surface area (Å²) in [6.07, 6.45) is 0. The third-order valence-electron chi connectivity index (χ3n) is 3.72. The zero-order valence-electron chi connectivity index (χ0n) is 14.7. The van der Waals surface area contributed by atoms with Gasteiger partial charge in [-0.1, -0.05) is 27.7 Å². The van der Waals surface area contributed by atoms with Gasteiger partial charge >= 0.3 is 0 Å². The predicted molar refractivity (Wildman–Crippen MR) is 84.7 cm³/mol. The first-order valence-corrected chi connectivity index (χ1v) is 7.78. The molecule has 0 aromatic heterocycles. The van der Waals surface area contributed by atoms with Crippen LogP contribution >= 0.6 is 0 Å². The molecule has 19 heavy (non-hydrogen) atoms. The van der Waals surface area contributed by atoms with E-state index in [1.165, 1.54) is 0 Å². The van der Waals surface area contributed by atoms with Gasteiger partial charge in [0, 0.05) is 26.2 Å². The van der Waals surface area contributed by atoms with Crippen molar-refractivity contribution in [3.8, 4) is 0 Å². The molecular weight excluding hydrogens is 236 g/mol.